The summed E-state index contributed by atoms with van der Waals surface area (Å²) in [6, 6.07) is 3.51. The molecule has 2 rings (SSSR count). The molecule has 104 valence electrons. The molecule has 2 atom stereocenters. The van der Waals surface area contributed by atoms with E-state index in [-0.39, 0.29) is 17.6 Å². The fraction of sp³-hybridized carbons (Fsp3) is 0.571. The van der Waals surface area contributed by atoms with Crippen molar-refractivity contribution in [2.24, 2.45) is 5.73 Å². The first-order valence-corrected chi connectivity index (χ1v) is 6.86. The lowest BCUT2D eigenvalue weighted by Crippen LogP contribution is -2.42. The molecule has 0 saturated heterocycles. The van der Waals surface area contributed by atoms with E-state index in [4.69, 9.17) is 10.8 Å². The van der Waals surface area contributed by atoms with E-state index >= 15 is 0 Å². The highest BCUT2D eigenvalue weighted by Gasteiger charge is 2.22. The fourth-order valence-corrected chi connectivity index (χ4v) is 2.49. The Hall–Kier alpha value is -1.62. The molecular weight excluding hydrogens is 242 g/mol. The minimum Gasteiger partial charge on any atom is -0.478 e. The van der Waals surface area contributed by atoms with Gasteiger partial charge in [0, 0.05) is 17.8 Å². The van der Waals surface area contributed by atoms with Crippen molar-refractivity contribution < 1.29 is 9.90 Å². The van der Waals surface area contributed by atoms with Crippen LogP contribution in [-0.4, -0.2) is 28.1 Å². The summed E-state index contributed by atoms with van der Waals surface area (Å²) in [7, 11) is 0. The molecule has 0 radical (unpaired) electrons. The van der Waals surface area contributed by atoms with Gasteiger partial charge >= 0.3 is 5.97 Å². The monoisotopic (exact) mass is 263 g/mol. The topological polar surface area (TPSA) is 88.2 Å². The molecule has 0 bridgehead atoms. The zero-order valence-corrected chi connectivity index (χ0v) is 11.2. The van der Waals surface area contributed by atoms with Crippen molar-refractivity contribution in [2.45, 2.75) is 51.1 Å². The van der Waals surface area contributed by atoms with Gasteiger partial charge in [0.15, 0.2) is 0 Å². The summed E-state index contributed by atoms with van der Waals surface area (Å²) in [6.45, 7) is 1.96. The molecule has 19 heavy (non-hydrogen) atoms. The molecular formula is C14H21N3O2. The second kappa shape index (κ2) is 6.02. The molecule has 1 saturated carbocycles. The SMILES string of the molecule is CCc1cc(C(=O)O)cc(NC2CCCCC2N)n1. The first-order chi connectivity index (χ1) is 9.10. The standard InChI is InChI=1S/C14H21N3O2/c1-2-10-7-9(14(18)19)8-13(16-10)17-12-6-4-3-5-11(12)15/h7-8,11-12H,2-6,15H2,1H3,(H,16,17)(H,18,19). The fourth-order valence-electron chi connectivity index (χ4n) is 2.49. The first kappa shape index (κ1) is 13.8. The number of rotatable bonds is 4. The Labute approximate surface area is 113 Å². The molecule has 0 spiro atoms. The molecule has 1 aromatic rings. The van der Waals surface area contributed by atoms with E-state index in [9.17, 15) is 4.79 Å². The van der Waals surface area contributed by atoms with Gasteiger partial charge in [-0.15, -0.1) is 0 Å². The summed E-state index contributed by atoms with van der Waals surface area (Å²) in [5.74, 6) is -0.299. The number of anilines is 1. The number of aromatic carboxylic acids is 1. The van der Waals surface area contributed by atoms with Gasteiger partial charge in [-0.25, -0.2) is 9.78 Å². The summed E-state index contributed by atoms with van der Waals surface area (Å²) >= 11 is 0. The highest BCUT2D eigenvalue weighted by atomic mass is 16.4. The maximum Gasteiger partial charge on any atom is 0.335 e. The lowest BCUT2D eigenvalue weighted by Gasteiger charge is -2.29. The van der Waals surface area contributed by atoms with E-state index < -0.39 is 5.97 Å². The van der Waals surface area contributed by atoms with Gasteiger partial charge in [-0.2, -0.15) is 0 Å². The predicted octanol–water partition coefficient (Wildman–Crippen LogP) is 2.02. The number of carbonyl (C=O) groups is 1. The van der Waals surface area contributed by atoms with Crippen LogP contribution in [0.2, 0.25) is 0 Å². The molecule has 0 amide bonds. The normalized spacial score (nSPS) is 23.1. The number of nitrogens with one attached hydrogen (secondary N) is 1. The molecule has 4 N–H and O–H groups in total. The molecule has 5 nitrogen and oxygen atoms in total. The van der Waals surface area contributed by atoms with Gasteiger partial charge in [-0.1, -0.05) is 19.8 Å². The van der Waals surface area contributed by atoms with Gasteiger partial charge in [0.1, 0.15) is 5.82 Å². The van der Waals surface area contributed by atoms with Crippen LogP contribution in [0.1, 0.15) is 48.7 Å². The Morgan fingerprint density at radius 3 is 2.84 bits per heavy atom. The van der Waals surface area contributed by atoms with Crippen LogP contribution in [0.4, 0.5) is 5.82 Å². The molecule has 1 aromatic heterocycles. The third-order valence-electron chi connectivity index (χ3n) is 3.64. The average Bonchev–Trinajstić information content (AvgIpc) is 2.41. The minimum atomic E-state index is -0.923. The molecule has 5 heteroatoms. The number of hydrogen-bond donors (Lipinski definition) is 3. The van der Waals surface area contributed by atoms with Gasteiger partial charge in [0.05, 0.1) is 5.56 Å². The van der Waals surface area contributed by atoms with E-state index in [1.54, 1.807) is 12.1 Å². The third kappa shape index (κ3) is 3.44. The van der Waals surface area contributed by atoms with E-state index in [0.717, 1.165) is 25.0 Å². The van der Waals surface area contributed by atoms with Gasteiger partial charge in [0.25, 0.3) is 0 Å². The van der Waals surface area contributed by atoms with Crippen LogP contribution in [-0.2, 0) is 6.42 Å². The Kier molecular flexibility index (Phi) is 4.37. The van der Waals surface area contributed by atoms with Crippen molar-refractivity contribution in [2.75, 3.05) is 5.32 Å². The first-order valence-electron chi connectivity index (χ1n) is 6.86. The van der Waals surface area contributed by atoms with Crippen LogP contribution in [0.15, 0.2) is 12.1 Å². The molecule has 0 aliphatic heterocycles. The van der Waals surface area contributed by atoms with Crippen LogP contribution in [0.5, 0.6) is 0 Å². The van der Waals surface area contributed by atoms with Crippen LogP contribution in [0.25, 0.3) is 0 Å². The van der Waals surface area contributed by atoms with Gasteiger partial charge < -0.3 is 16.2 Å². The lowest BCUT2D eigenvalue weighted by atomic mass is 9.91. The van der Waals surface area contributed by atoms with Crippen molar-refractivity contribution in [3.05, 3.63) is 23.4 Å². The molecule has 1 fully saturated rings. The number of nitrogens with two attached hydrogens (primary N) is 1. The number of hydrogen-bond acceptors (Lipinski definition) is 4. The van der Waals surface area contributed by atoms with Crippen molar-refractivity contribution >= 4 is 11.8 Å². The zero-order valence-electron chi connectivity index (χ0n) is 11.2. The number of pyridine rings is 1. The molecule has 0 aromatic carbocycles. The average molecular weight is 263 g/mol. The minimum absolute atomic E-state index is 0.120. The zero-order chi connectivity index (χ0) is 13.8. The van der Waals surface area contributed by atoms with E-state index in [2.05, 4.69) is 10.3 Å². The summed E-state index contributed by atoms with van der Waals surface area (Å²) in [6.07, 6.45) is 5.07. The lowest BCUT2D eigenvalue weighted by molar-refractivity contribution is 0.0696. The summed E-state index contributed by atoms with van der Waals surface area (Å²) in [4.78, 5) is 15.5. The smallest absolute Gasteiger partial charge is 0.335 e. The Morgan fingerprint density at radius 1 is 1.47 bits per heavy atom. The summed E-state index contributed by atoms with van der Waals surface area (Å²) in [5.41, 5.74) is 7.15. The summed E-state index contributed by atoms with van der Waals surface area (Å²) in [5, 5.41) is 12.4. The van der Waals surface area contributed by atoms with Gasteiger partial charge in [-0.3, -0.25) is 0 Å². The van der Waals surface area contributed by atoms with E-state index in [1.165, 1.54) is 6.42 Å². The highest BCUT2D eigenvalue weighted by Crippen LogP contribution is 2.21. The molecule has 1 aliphatic rings. The molecule has 1 heterocycles. The largest absolute Gasteiger partial charge is 0.478 e. The van der Waals surface area contributed by atoms with Gasteiger partial charge in [0.2, 0.25) is 0 Å². The van der Waals surface area contributed by atoms with Gasteiger partial charge in [-0.05, 0) is 31.4 Å². The van der Waals surface area contributed by atoms with Crippen molar-refractivity contribution in [1.82, 2.24) is 4.98 Å². The van der Waals surface area contributed by atoms with E-state index in [1.807, 2.05) is 6.92 Å². The maximum absolute atomic E-state index is 11.1. The van der Waals surface area contributed by atoms with E-state index in [0.29, 0.717) is 12.2 Å². The third-order valence-corrected chi connectivity index (χ3v) is 3.64. The number of aromatic nitrogens is 1. The van der Waals surface area contributed by atoms with Crippen LogP contribution in [0, 0.1) is 0 Å². The number of nitrogens with zero attached hydrogens (tertiary/aromatic N) is 1. The van der Waals surface area contributed by atoms with Crippen LogP contribution in [0.3, 0.4) is 0 Å². The number of aryl methyl sites for hydroxylation is 1. The van der Waals surface area contributed by atoms with Crippen molar-refractivity contribution in [1.29, 1.82) is 0 Å². The highest BCUT2D eigenvalue weighted by molar-refractivity contribution is 5.88. The number of carboxylic acid groups (broad SMARTS) is 1. The van der Waals surface area contributed by atoms with Crippen LogP contribution < -0.4 is 11.1 Å². The Morgan fingerprint density at radius 2 is 2.21 bits per heavy atom. The second-order valence-corrected chi connectivity index (χ2v) is 5.09. The van der Waals surface area contributed by atoms with Crippen molar-refractivity contribution in [3.63, 3.8) is 0 Å². The Bertz CT molecular complexity index is 462. The molecule has 2 unspecified atom stereocenters. The maximum atomic E-state index is 11.1. The predicted molar refractivity (Wildman–Crippen MR) is 74.4 cm³/mol. The molecule has 1 aliphatic carbocycles. The number of carboxylic acids is 1. The summed E-state index contributed by atoms with van der Waals surface area (Å²) < 4.78 is 0. The Balaban J connectivity index is 2.18. The van der Waals surface area contributed by atoms with Crippen molar-refractivity contribution in [3.8, 4) is 0 Å². The second-order valence-electron chi connectivity index (χ2n) is 5.09. The van der Waals surface area contributed by atoms with Crippen LogP contribution >= 0.6 is 0 Å². The quantitative estimate of drug-likeness (QED) is 0.773.